The van der Waals surface area contributed by atoms with E-state index in [1.54, 1.807) is 6.07 Å². The number of oxazole rings is 1. The van der Waals surface area contributed by atoms with Crippen LogP contribution in [0.3, 0.4) is 0 Å². The predicted octanol–water partition coefficient (Wildman–Crippen LogP) is 4.68. The Bertz CT molecular complexity index is 961. The van der Waals surface area contributed by atoms with Crippen LogP contribution in [0.1, 0.15) is 36.3 Å². The number of piperidine rings is 1. The van der Waals surface area contributed by atoms with Crippen LogP contribution >= 0.6 is 0 Å². The van der Waals surface area contributed by atoms with Crippen LogP contribution in [-0.4, -0.2) is 18.1 Å². The number of rotatable bonds is 5. The molecule has 1 aromatic carbocycles. The molecule has 27 heavy (non-hydrogen) atoms. The largest absolute Gasteiger partial charge is 0.485 e. The highest BCUT2D eigenvalue weighted by Gasteiger charge is 2.23. The number of aromatic nitrogens is 1. The zero-order chi connectivity index (χ0) is 18.6. The second-order valence-electron chi connectivity index (χ2n) is 6.65. The lowest BCUT2D eigenvalue weighted by molar-refractivity contribution is 0.269. The van der Waals surface area contributed by atoms with Crippen LogP contribution in [0, 0.1) is 18.3 Å². The fraction of sp³-hybridized carbons (Fsp3) is 0.333. The van der Waals surface area contributed by atoms with E-state index in [1.165, 1.54) is 6.42 Å². The van der Waals surface area contributed by atoms with Crippen molar-refractivity contribution in [1.29, 1.82) is 5.26 Å². The van der Waals surface area contributed by atoms with E-state index in [2.05, 4.69) is 16.0 Å². The minimum Gasteiger partial charge on any atom is -0.485 e. The first-order valence-corrected chi connectivity index (χ1v) is 9.18. The summed E-state index contributed by atoms with van der Waals surface area (Å²) in [6, 6.07) is 13.6. The summed E-state index contributed by atoms with van der Waals surface area (Å²) < 4.78 is 17.5. The molecule has 0 spiro atoms. The Morgan fingerprint density at radius 3 is 2.70 bits per heavy atom. The number of benzene rings is 1. The first-order chi connectivity index (χ1) is 13.2. The molecule has 6 heteroatoms. The molecular weight excluding hydrogens is 342 g/mol. The van der Waals surface area contributed by atoms with E-state index in [1.807, 2.05) is 37.3 Å². The normalized spacial score (nSPS) is 14.1. The lowest BCUT2D eigenvalue weighted by atomic mass is 10.1. The molecule has 6 nitrogen and oxygen atoms in total. The average Bonchev–Trinajstić information content (AvgIpc) is 3.35. The number of hydrogen-bond acceptors (Lipinski definition) is 6. The van der Waals surface area contributed by atoms with Crippen molar-refractivity contribution < 1.29 is 13.6 Å². The van der Waals surface area contributed by atoms with Crippen molar-refractivity contribution in [3.05, 3.63) is 53.4 Å². The summed E-state index contributed by atoms with van der Waals surface area (Å²) in [4.78, 5) is 6.40. The van der Waals surface area contributed by atoms with Gasteiger partial charge in [0.15, 0.2) is 5.76 Å². The molecule has 0 aliphatic carbocycles. The Morgan fingerprint density at radius 1 is 1.11 bits per heavy atom. The van der Waals surface area contributed by atoms with Crippen molar-refractivity contribution in [2.75, 3.05) is 18.0 Å². The van der Waals surface area contributed by atoms with Gasteiger partial charge in [0.25, 0.3) is 5.89 Å². The molecule has 3 aromatic rings. The van der Waals surface area contributed by atoms with Gasteiger partial charge in [-0.1, -0.05) is 18.2 Å². The van der Waals surface area contributed by atoms with Crippen LogP contribution in [0.4, 0.5) is 5.88 Å². The highest BCUT2D eigenvalue weighted by molar-refractivity contribution is 5.56. The van der Waals surface area contributed by atoms with Gasteiger partial charge in [-0.05, 0) is 49.9 Å². The number of para-hydroxylation sites is 1. The lowest BCUT2D eigenvalue weighted by Crippen LogP contribution is -2.29. The Labute approximate surface area is 158 Å². The Hall–Kier alpha value is -3.20. The van der Waals surface area contributed by atoms with Crippen molar-refractivity contribution in [1.82, 2.24) is 4.98 Å². The molecule has 0 N–H and O–H groups in total. The molecule has 0 bridgehead atoms. The van der Waals surface area contributed by atoms with E-state index in [0.29, 0.717) is 35.6 Å². The number of anilines is 1. The number of ether oxygens (including phenoxy) is 1. The minimum absolute atomic E-state index is 0.306. The molecule has 1 saturated heterocycles. The number of furan rings is 1. The summed E-state index contributed by atoms with van der Waals surface area (Å²) in [5.41, 5.74) is 1.38. The third-order valence-electron chi connectivity index (χ3n) is 4.69. The van der Waals surface area contributed by atoms with Gasteiger partial charge >= 0.3 is 0 Å². The van der Waals surface area contributed by atoms with Crippen LogP contribution in [0.2, 0.25) is 0 Å². The molecular formula is C21H21N3O3. The SMILES string of the molecule is Cc1ccccc1OCc1ccc(-c2nc(C#N)c(N3CCCCC3)o2)o1. The second-order valence-corrected chi connectivity index (χ2v) is 6.65. The quantitative estimate of drug-likeness (QED) is 0.655. The van der Waals surface area contributed by atoms with Crippen molar-refractivity contribution >= 4 is 5.88 Å². The number of nitrogens with zero attached hydrogens (tertiary/aromatic N) is 3. The summed E-state index contributed by atoms with van der Waals surface area (Å²) in [7, 11) is 0. The molecule has 0 radical (unpaired) electrons. The molecule has 0 amide bonds. The highest BCUT2D eigenvalue weighted by Crippen LogP contribution is 2.31. The molecule has 3 heterocycles. The van der Waals surface area contributed by atoms with Crippen LogP contribution in [0.5, 0.6) is 5.75 Å². The summed E-state index contributed by atoms with van der Waals surface area (Å²) in [5.74, 6) is 2.86. The zero-order valence-electron chi connectivity index (χ0n) is 15.3. The van der Waals surface area contributed by atoms with Crippen LogP contribution in [0.25, 0.3) is 11.7 Å². The molecule has 2 aromatic heterocycles. The monoisotopic (exact) mass is 363 g/mol. The van der Waals surface area contributed by atoms with E-state index in [9.17, 15) is 5.26 Å². The Morgan fingerprint density at radius 2 is 1.93 bits per heavy atom. The maximum atomic E-state index is 9.40. The summed E-state index contributed by atoms with van der Waals surface area (Å²) in [6.07, 6.45) is 3.41. The molecule has 4 rings (SSSR count). The van der Waals surface area contributed by atoms with Gasteiger partial charge in [-0.2, -0.15) is 10.2 Å². The van der Waals surface area contributed by atoms with Gasteiger partial charge in [-0.25, -0.2) is 0 Å². The van der Waals surface area contributed by atoms with Gasteiger partial charge in [-0.15, -0.1) is 0 Å². The first-order valence-electron chi connectivity index (χ1n) is 9.18. The smallest absolute Gasteiger partial charge is 0.266 e. The van der Waals surface area contributed by atoms with Gasteiger partial charge in [0, 0.05) is 13.1 Å². The second kappa shape index (κ2) is 7.58. The third-order valence-corrected chi connectivity index (χ3v) is 4.69. The number of aryl methyl sites for hydroxylation is 1. The van der Waals surface area contributed by atoms with E-state index >= 15 is 0 Å². The zero-order valence-corrected chi connectivity index (χ0v) is 15.3. The summed E-state index contributed by atoms with van der Waals surface area (Å²) in [6.45, 7) is 4.09. The van der Waals surface area contributed by atoms with Crippen molar-refractivity contribution in [2.24, 2.45) is 0 Å². The molecule has 0 unspecified atom stereocenters. The molecule has 1 fully saturated rings. The Balaban J connectivity index is 1.50. The lowest BCUT2D eigenvalue weighted by Gasteiger charge is -2.25. The predicted molar refractivity (Wildman–Crippen MR) is 100 cm³/mol. The van der Waals surface area contributed by atoms with E-state index < -0.39 is 0 Å². The third kappa shape index (κ3) is 3.68. The summed E-state index contributed by atoms with van der Waals surface area (Å²) in [5, 5.41) is 9.40. The first kappa shape index (κ1) is 17.2. The maximum Gasteiger partial charge on any atom is 0.266 e. The van der Waals surface area contributed by atoms with E-state index in [-0.39, 0.29) is 0 Å². The van der Waals surface area contributed by atoms with Gasteiger partial charge in [0.2, 0.25) is 11.6 Å². The minimum atomic E-state index is 0.306. The molecule has 138 valence electrons. The Kier molecular flexibility index (Phi) is 4.84. The van der Waals surface area contributed by atoms with Crippen molar-refractivity contribution in [2.45, 2.75) is 32.8 Å². The van der Waals surface area contributed by atoms with Crippen molar-refractivity contribution in [3.8, 4) is 23.5 Å². The summed E-state index contributed by atoms with van der Waals surface area (Å²) >= 11 is 0. The van der Waals surface area contributed by atoms with Crippen LogP contribution in [0.15, 0.2) is 45.2 Å². The van der Waals surface area contributed by atoms with Gasteiger partial charge < -0.3 is 18.5 Å². The topological polar surface area (TPSA) is 75.4 Å². The van der Waals surface area contributed by atoms with Gasteiger partial charge in [0.1, 0.15) is 24.2 Å². The van der Waals surface area contributed by atoms with E-state index in [4.69, 9.17) is 13.6 Å². The molecule has 0 saturated carbocycles. The van der Waals surface area contributed by atoms with E-state index in [0.717, 1.165) is 37.2 Å². The highest BCUT2D eigenvalue weighted by atomic mass is 16.5. The van der Waals surface area contributed by atoms with Gasteiger partial charge in [-0.3, -0.25) is 0 Å². The molecule has 1 aliphatic heterocycles. The number of nitriles is 1. The maximum absolute atomic E-state index is 9.40. The molecule has 0 atom stereocenters. The van der Waals surface area contributed by atoms with Gasteiger partial charge in [0.05, 0.1) is 0 Å². The van der Waals surface area contributed by atoms with Crippen LogP contribution < -0.4 is 9.64 Å². The fourth-order valence-electron chi connectivity index (χ4n) is 3.24. The van der Waals surface area contributed by atoms with Crippen molar-refractivity contribution in [3.63, 3.8) is 0 Å². The molecule has 1 aliphatic rings. The average molecular weight is 363 g/mol. The fourth-order valence-corrected chi connectivity index (χ4v) is 3.24. The standard InChI is InChI=1S/C21H21N3O3/c1-15-7-3-4-8-18(15)25-14-16-9-10-19(26-16)20-23-17(13-22)21(27-20)24-11-5-2-6-12-24/h3-4,7-10H,2,5-6,11-12,14H2,1H3. The number of hydrogen-bond donors (Lipinski definition) is 0. The van der Waals surface area contributed by atoms with Crippen LogP contribution in [-0.2, 0) is 6.61 Å².